The predicted octanol–water partition coefficient (Wildman–Crippen LogP) is 5.92. The Morgan fingerprint density at radius 2 is 1.63 bits per heavy atom. The third kappa shape index (κ3) is 8.15. The summed E-state index contributed by atoms with van der Waals surface area (Å²) in [6.07, 6.45) is 1.03. The lowest BCUT2D eigenvalue weighted by atomic mass is 10.1. The molecule has 2 amide bonds. The molecule has 2 atom stereocenters. The fourth-order valence-corrected chi connectivity index (χ4v) is 5.94. The van der Waals surface area contributed by atoms with E-state index in [0.29, 0.717) is 18.6 Å². The van der Waals surface area contributed by atoms with Gasteiger partial charge in [0.25, 0.3) is 10.0 Å². The van der Waals surface area contributed by atoms with E-state index in [-0.39, 0.29) is 39.1 Å². The number of carbonyl (C=O) groups is 2. The Kier molecular flexibility index (Phi) is 11.5. The first-order chi connectivity index (χ1) is 19.5. The first-order valence-corrected chi connectivity index (χ1v) is 15.5. The van der Waals surface area contributed by atoms with Crippen LogP contribution >= 0.6 is 23.2 Å². The number of nitrogens with zero attached hydrogens (tertiary/aromatic N) is 2. The van der Waals surface area contributed by atoms with E-state index < -0.39 is 28.5 Å². The highest BCUT2D eigenvalue weighted by Crippen LogP contribution is 2.31. The minimum atomic E-state index is -4.21. The number of nitrogens with one attached hydrogen (secondary N) is 1. The quantitative estimate of drug-likeness (QED) is 0.256. The van der Waals surface area contributed by atoms with Crippen molar-refractivity contribution in [2.75, 3.05) is 18.0 Å². The number of amides is 2. The van der Waals surface area contributed by atoms with Gasteiger partial charge in [0.05, 0.1) is 27.7 Å². The van der Waals surface area contributed by atoms with Gasteiger partial charge in [0.15, 0.2) is 0 Å². The first-order valence-electron chi connectivity index (χ1n) is 13.3. The molecule has 0 spiro atoms. The number of sulfonamides is 1. The summed E-state index contributed by atoms with van der Waals surface area (Å²) in [7, 11) is -2.67. The van der Waals surface area contributed by atoms with Gasteiger partial charge in [-0.2, -0.15) is 0 Å². The van der Waals surface area contributed by atoms with Crippen LogP contribution in [0, 0.1) is 0 Å². The van der Waals surface area contributed by atoms with Gasteiger partial charge in [-0.3, -0.25) is 13.9 Å². The van der Waals surface area contributed by atoms with Crippen LogP contribution in [-0.4, -0.2) is 50.9 Å². The van der Waals surface area contributed by atoms with Crippen molar-refractivity contribution in [3.8, 4) is 5.75 Å². The van der Waals surface area contributed by atoms with Crippen LogP contribution in [0.4, 0.5) is 5.69 Å². The Morgan fingerprint density at radius 1 is 0.927 bits per heavy atom. The van der Waals surface area contributed by atoms with Crippen molar-refractivity contribution in [1.29, 1.82) is 0 Å². The van der Waals surface area contributed by atoms with E-state index in [1.54, 1.807) is 43.5 Å². The standard InChI is InChI=1S/C30H35Cl2N3O5S/c1-5-21(3)33-30(37)28(6-2)34(19-22-11-10-12-24(17-22)40-4)29(36)20-35(23-15-16-26(31)27(32)18-23)41(38,39)25-13-8-7-9-14-25/h7-18,21,28H,5-6,19-20H2,1-4H3,(H,33,37)/t21-,28-/m1/s1. The number of halogens is 2. The minimum absolute atomic E-state index is 0.000210. The van der Waals surface area contributed by atoms with Crippen LogP contribution < -0.4 is 14.4 Å². The highest BCUT2D eigenvalue weighted by atomic mass is 35.5. The molecule has 3 aromatic carbocycles. The summed E-state index contributed by atoms with van der Waals surface area (Å²) in [4.78, 5) is 28.9. The van der Waals surface area contributed by atoms with Crippen molar-refractivity contribution >= 4 is 50.7 Å². The smallest absolute Gasteiger partial charge is 0.264 e. The van der Waals surface area contributed by atoms with Gasteiger partial charge in [-0.1, -0.05) is 67.4 Å². The van der Waals surface area contributed by atoms with E-state index in [9.17, 15) is 18.0 Å². The molecule has 0 aromatic heterocycles. The van der Waals surface area contributed by atoms with Crippen molar-refractivity contribution in [3.63, 3.8) is 0 Å². The molecule has 0 saturated carbocycles. The molecular weight excluding hydrogens is 585 g/mol. The summed E-state index contributed by atoms with van der Waals surface area (Å²) >= 11 is 12.4. The molecule has 11 heteroatoms. The highest BCUT2D eigenvalue weighted by Gasteiger charge is 2.34. The first kappa shape index (κ1) is 32.2. The summed E-state index contributed by atoms with van der Waals surface area (Å²) in [5.41, 5.74) is 0.884. The van der Waals surface area contributed by atoms with Gasteiger partial charge in [-0.25, -0.2) is 8.42 Å². The molecule has 41 heavy (non-hydrogen) atoms. The average molecular weight is 621 g/mol. The Hall–Kier alpha value is -3.27. The maximum Gasteiger partial charge on any atom is 0.264 e. The zero-order valence-electron chi connectivity index (χ0n) is 23.5. The predicted molar refractivity (Wildman–Crippen MR) is 163 cm³/mol. The van der Waals surface area contributed by atoms with E-state index >= 15 is 0 Å². The fraction of sp³-hybridized carbons (Fsp3) is 0.333. The van der Waals surface area contributed by atoms with E-state index in [1.165, 1.54) is 35.2 Å². The van der Waals surface area contributed by atoms with E-state index in [4.69, 9.17) is 27.9 Å². The fourth-order valence-electron chi connectivity index (χ4n) is 4.22. The third-order valence-corrected chi connectivity index (χ3v) is 9.20. The Balaban J connectivity index is 2.08. The van der Waals surface area contributed by atoms with Crippen molar-refractivity contribution in [1.82, 2.24) is 10.2 Å². The molecule has 0 aliphatic carbocycles. The van der Waals surface area contributed by atoms with Crippen LogP contribution in [0.25, 0.3) is 0 Å². The minimum Gasteiger partial charge on any atom is -0.497 e. The second-order valence-corrected chi connectivity index (χ2v) is 12.2. The van der Waals surface area contributed by atoms with Crippen LogP contribution in [0.1, 0.15) is 39.2 Å². The largest absolute Gasteiger partial charge is 0.497 e. The van der Waals surface area contributed by atoms with Crippen LogP contribution in [0.5, 0.6) is 5.75 Å². The number of hydrogen-bond donors (Lipinski definition) is 1. The lowest BCUT2D eigenvalue weighted by molar-refractivity contribution is -0.140. The van der Waals surface area contributed by atoms with Crippen molar-refractivity contribution in [2.45, 2.75) is 57.1 Å². The molecule has 3 aromatic rings. The highest BCUT2D eigenvalue weighted by molar-refractivity contribution is 7.92. The molecule has 220 valence electrons. The van der Waals surface area contributed by atoms with E-state index in [0.717, 1.165) is 9.87 Å². The molecule has 0 bridgehead atoms. The van der Waals surface area contributed by atoms with Gasteiger partial charge in [0.1, 0.15) is 18.3 Å². The summed E-state index contributed by atoms with van der Waals surface area (Å²) < 4.78 is 34.1. The molecule has 1 N–H and O–H groups in total. The normalized spacial score (nSPS) is 12.7. The molecule has 0 saturated heterocycles. The second kappa shape index (κ2) is 14.6. The van der Waals surface area contributed by atoms with Crippen LogP contribution in [0.15, 0.2) is 77.7 Å². The number of methoxy groups -OCH3 is 1. The molecule has 0 heterocycles. The number of benzene rings is 3. The molecule has 0 aliphatic rings. The maximum atomic E-state index is 14.1. The van der Waals surface area contributed by atoms with Gasteiger partial charge < -0.3 is 15.0 Å². The van der Waals surface area contributed by atoms with Gasteiger partial charge >= 0.3 is 0 Å². The SMILES string of the molecule is CC[C@@H](C)NC(=O)[C@@H](CC)N(Cc1cccc(OC)c1)C(=O)CN(c1ccc(Cl)c(Cl)c1)S(=O)(=O)c1ccccc1. The molecule has 0 aliphatic heterocycles. The number of ether oxygens (including phenoxy) is 1. The Morgan fingerprint density at radius 3 is 2.24 bits per heavy atom. The summed E-state index contributed by atoms with van der Waals surface area (Å²) in [5.74, 6) is -0.286. The van der Waals surface area contributed by atoms with Gasteiger partial charge in [-0.05, 0) is 67.8 Å². The molecule has 0 unspecified atom stereocenters. The molecule has 3 rings (SSSR count). The van der Waals surface area contributed by atoms with E-state index in [2.05, 4.69) is 5.32 Å². The van der Waals surface area contributed by atoms with Crippen molar-refractivity contribution in [2.24, 2.45) is 0 Å². The Bertz CT molecular complexity index is 1450. The summed E-state index contributed by atoms with van der Waals surface area (Å²) in [5, 5.41) is 3.34. The lowest BCUT2D eigenvalue weighted by Crippen LogP contribution is -2.53. The third-order valence-electron chi connectivity index (χ3n) is 6.68. The summed E-state index contributed by atoms with van der Waals surface area (Å²) in [6, 6.07) is 18.4. The van der Waals surface area contributed by atoms with Crippen LogP contribution in [0.3, 0.4) is 0 Å². The van der Waals surface area contributed by atoms with Gasteiger partial charge in [0, 0.05) is 12.6 Å². The maximum absolute atomic E-state index is 14.1. The molecular formula is C30H35Cl2N3O5S. The molecule has 8 nitrogen and oxygen atoms in total. The second-order valence-electron chi connectivity index (χ2n) is 9.54. The molecule has 0 fully saturated rings. The number of anilines is 1. The molecule has 0 radical (unpaired) electrons. The van der Waals surface area contributed by atoms with Gasteiger partial charge in [0.2, 0.25) is 11.8 Å². The monoisotopic (exact) mass is 619 g/mol. The Labute approximate surface area is 252 Å². The van der Waals surface area contributed by atoms with Crippen LogP contribution in [0.2, 0.25) is 10.0 Å². The van der Waals surface area contributed by atoms with Crippen molar-refractivity contribution < 1.29 is 22.7 Å². The zero-order chi connectivity index (χ0) is 30.2. The van der Waals surface area contributed by atoms with Crippen molar-refractivity contribution in [3.05, 3.63) is 88.4 Å². The summed E-state index contributed by atoms with van der Waals surface area (Å²) in [6.45, 7) is 5.13. The lowest BCUT2D eigenvalue weighted by Gasteiger charge is -2.33. The average Bonchev–Trinajstić information content (AvgIpc) is 2.97. The van der Waals surface area contributed by atoms with Gasteiger partial charge in [-0.15, -0.1) is 0 Å². The van der Waals surface area contributed by atoms with E-state index in [1.807, 2.05) is 26.8 Å². The van der Waals surface area contributed by atoms with Crippen LogP contribution in [-0.2, 0) is 26.2 Å². The number of hydrogen-bond acceptors (Lipinski definition) is 5. The number of rotatable bonds is 13. The topological polar surface area (TPSA) is 96.0 Å². The number of carbonyl (C=O) groups excluding carboxylic acids is 2. The zero-order valence-corrected chi connectivity index (χ0v) is 25.8.